The summed E-state index contributed by atoms with van der Waals surface area (Å²) >= 11 is 0. The first-order valence-electron chi connectivity index (χ1n) is 9.34. The van der Waals surface area contributed by atoms with Crippen molar-refractivity contribution < 1.29 is 0 Å². The third kappa shape index (κ3) is 1.91. The number of imidazole rings is 1. The predicted molar refractivity (Wildman–Crippen MR) is 112 cm³/mol. The molecular formula is C24H17N3. The van der Waals surface area contributed by atoms with E-state index in [-0.39, 0.29) is 0 Å². The first-order valence-corrected chi connectivity index (χ1v) is 9.34. The molecule has 0 unspecified atom stereocenters. The predicted octanol–water partition coefficient (Wildman–Crippen LogP) is 5.90. The Morgan fingerprint density at radius 1 is 0.778 bits per heavy atom. The normalized spacial score (nSPS) is 12.0. The van der Waals surface area contributed by atoms with Crippen LogP contribution in [0.1, 0.15) is 12.5 Å². The van der Waals surface area contributed by atoms with Crippen LogP contribution in [0, 0.1) is 0 Å². The molecule has 0 N–H and O–H groups in total. The molecule has 3 nitrogen and oxygen atoms in total. The van der Waals surface area contributed by atoms with Gasteiger partial charge in [0.25, 0.3) is 0 Å². The van der Waals surface area contributed by atoms with Gasteiger partial charge in [-0.3, -0.25) is 9.38 Å². The van der Waals surface area contributed by atoms with Gasteiger partial charge >= 0.3 is 0 Å². The summed E-state index contributed by atoms with van der Waals surface area (Å²) in [5, 5.41) is 4.81. The van der Waals surface area contributed by atoms with E-state index in [4.69, 9.17) is 4.98 Å². The van der Waals surface area contributed by atoms with Crippen molar-refractivity contribution in [1.29, 1.82) is 0 Å². The number of benzene rings is 3. The molecule has 0 aliphatic carbocycles. The van der Waals surface area contributed by atoms with Gasteiger partial charge in [-0.1, -0.05) is 43.3 Å². The Morgan fingerprint density at radius 2 is 1.67 bits per heavy atom. The van der Waals surface area contributed by atoms with E-state index in [0.717, 1.165) is 34.0 Å². The highest BCUT2D eigenvalue weighted by atomic mass is 15.0. The molecule has 0 spiro atoms. The number of aryl methyl sites for hydroxylation is 1. The molecule has 6 aromatic rings. The lowest BCUT2D eigenvalue weighted by molar-refractivity contribution is 1.14. The lowest BCUT2D eigenvalue weighted by atomic mass is 10.0. The zero-order valence-corrected chi connectivity index (χ0v) is 15.0. The third-order valence-corrected chi connectivity index (χ3v) is 5.57. The SMILES string of the molecule is CCc1ccc2c3ccc4ncccc4c3c3nc4ccccc4n3c2c1. The Balaban J connectivity index is 2.02. The Bertz CT molecular complexity index is 1510. The molecule has 0 aliphatic rings. The van der Waals surface area contributed by atoms with Gasteiger partial charge in [0.15, 0.2) is 0 Å². The van der Waals surface area contributed by atoms with Gasteiger partial charge in [-0.15, -0.1) is 0 Å². The van der Waals surface area contributed by atoms with Crippen LogP contribution >= 0.6 is 0 Å². The largest absolute Gasteiger partial charge is 0.292 e. The fourth-order valence-corrected chi connectivity index (χ4v) is 4.27. The summed E-state index contributed by atoms with van der Waals surface area (Å²) in [6.45, 7) is 2.20. The zero-order valence-electron chi connectivity index (χ0n) is 15.0. The molecule has 3 aromatic carbocycles. The Labute approximate surface area is 155 Å². The molecule has 0 aliphatic heterocycles. The molecule has 0 saturated carbocycles. The minimum Gasteiger partial charge on any atom is -0.292 e. The van der Waals surface area contributed by atoms with Crippen LogP contribution in [-0.4, -0.2) is 14.4 Å². The number of hydrogen-bond donors (Lipinski definition) is 0. The summed E-state index contributed by atoms with van der Waals surface area (Å²) in [4.78, 5) is 9.60. The van der Waals surface area contributed by atoms with Crippen LogP contribution < -0.4 is 0 Å². The highest BCUT2D eigenvalue weighted by Gasteiger charge is 2.15. The first-order chi connectivity index (χ1) is 13.3. The van der Waals surface area contributed by atoms with Crippen molar-refractivity contribution in [2.45, 2.75) is 13.3 Å². The van der Waals surface area contributed by atoms with Crippen LogP contribution in [0.5, 0.6) is 0 Å². The number of nitrogens with zero attached hydrogens (tertiary/aromatic N) is 3. The van der Waals surface area contributed by atoms with E-state index < -0.39 is 0 Å². The van der Waals surface area contributed by atoms with Gasteiger partial charge < -0.3 is 0 Å². The second-order valence-electron chi connectivity index (χ2n) is 7.02. The summed E-state index contributed by atoms with van der Waals surface area (Å²) in [7, 11) is 0. The molecule has 0 fully saturated rings. The highest BCUT2D eigenvalue weighted by Crippen LogP contribution is 2.36. The summed E-state index contributed by atoms with van der Waals surface area (Å²) in [6, 6.07) is 23.6. The highest BCUT2D eigenvalue weighted by molar-refractivity contribution is 6.22. The maximum absolute atomic E-state index is 5.03. The maximum atomic E-state index is 5.03. The van der Waals surface area contributed by atoms with E-state index in [1.54, 1.807) is 0 Å². The Hall–Kier alpha value is -3.46. The van der Waals surface area contributed by atoms with Crippen LogP contribution in [0.3, 0.4) is 0 Å². The Morgan fingerprint density at radius 3 is 2.59 bits per heavy atom. The quantitative estimate of drug-likeness (QED) is 0.346. The average Bonchev–Trinajstić information content (AvgIpc) is 3.12. The fourth-order valence-electron chi connectivity index (χ4n) is 4.27. The van der Waals surface area contributed by atoms with Gasteiger partial charge in [0.1, 0.15) is 5.65 Å². The van der Waals surface area contributed by atoms with Crippen molar-refractivity contribution in [1.82, 2.24) is 14.4 Å². The fraction of sp³-hybridized carbons (Fsp3) is 0.0833. The van der Waals surface area contributed by atoms with Crippen molar-refractivity contribution >= 4 is 49.3 Å². The van der Waals surface area contributed by atoms with Crippen LogP contribution in [0.2, 0.25) is 0 Å². The van der Waals surface area contributed by atoms with Crippen LogP contribution in [0.15, 0.2) is 72.9 Å². The molecule has 3 heteroatoms. The number of rotatable bonds is 1. The summed E-state index contributed by atoms with van der Waals surface area (Å²) in [5.41, 5.74) is 6.73. The molecule has 128 valence electrons. The van der Waals surface area contributed by atoms with Crippen molar-refractivity contribution in [3.63, 3.8) is 0 Å². The number of hydrogen-bond acceptors (Lipinski definition) is 2. The summed E-state index contributed by atoms with van der Waals surface area (Å²) in [5.74, 6) is 0. The maximum Gasteiger partial charge on any atom is 0.147 e. The number of aromatic nitrogens is 3. The molecule has 6 rings (SSSR count). The standard InChI is InChI=1S/C24H17N3/c1-2-15-9-10-16-17-11-12-19-18(6-5-13-25-19)23(17)24-26-20-7-3-4-8-21(20)27(24)22(16)14-15/h3-14H,2H2,1H3. The van der Waals surface area contributed by atoms with Gasteiger partial charge in [0.05, 0.1) is 22.1 Å². The molecule has 0 bridgehead atoms. The van der Waals surface area contributed by atoms with Crippen molar-refractivity contribution in [2.75, 3.05) is 0 Å². The van der Waals surface area contributed by atoms with Crippen LogP contribution in [0.25, 0.3) is 49.3 Å². The van der Waals surface area contributed by atoms with Crippen molar-refractivity contribution in [3.8, 4) is 0 Å². The second kappa shape index (κ2) is 5.27. The molecule has 27 heavy (non-hydrogen) atoms. The third-order valence-electron chi connectivity index (χ3n) is 5.57. The molecular weight excluding hydrogens is 330 g/mol. The minimum absolute atomic E-state index is 1.00. The lowest BCUT2D eigenvalue weighted by Gasteiger charge is -2.12. The first kappa shape index (κ1) is 14.7. The number of fused-ring (bicyclic) bond motifs is 10. The van der Waals surface area contributed by atoms with E-state index in [9.17, 15) is 0 Å². The van der Waals surface area contributed by atoms with E-state index in [1.165, 1.54) is 27.2 Å². The van der Waals surface area contributed by atoms with E-state index in [2.05, 4.69) is 77.0 Å². The lowest BCUT2D eigenvalue weighted by Crippen LogP contribution is -1.94. The van der Waals surface area contributed by atoms with Crippen LogP contribution in [0.4, 0.5) is 0 Å². The topological polar surface area (TPSA) is 30.2 Å². The van der Waals surface area contributed by atoms with Gasteiger partial charge in [0.2, 0.25) is 0 Å². The molecule has 3 heterocycles. The van der Waals surface area contributed by atoms with E-state index in [1.807, 2.05) is 12.3 Å². The summed E-state index contributed by atoms with van der Waals surface area (Å²) in [6.07, 6.45) is 2.87. The molecule has 0 atom stereocenters. The molecule has 0 radical (unpaired) electrons. The van der Waals surface area contributed by atoms with E-state index >= 15 is 0 Å². The van der Waals surface area contributed by atoms with E-state index in [0.29, 0.717) is 0 Å². The van der Waals surface area contributed by atoms with Crippen molar-refractivity contribution in [2.24, 2.45) is 0 Å². The molecule has 0 saturated heterocycles. The Kier molecular flexibility index (Phi) is 2.87. The molecule has 3 aromatic heterocycles. The minimum atomic E-state index is 1.00. The van der Waals surface area contributed by atoms with Gasteiger partial charge in [-0.05, 0) is 47.7 Å². The van der Waals surface area contributed by atoms with Gasteiger partial charge in [-0.2, -0.15) is 0 Å². The van der Waals surface area contributed by atoms with Crippen LogP contribution in [-0.2, 0) is 6.42 Å². The number of pyridine rings is 2. The monoisotopic (exact) mass is 347 g/mol. The van der Waals surface area contributed by atoms with Crippen molar-refractivity contribution in [3.05, 3.63) is 78.5 Å². The second-order valence-corrected chi connectivity index (χ2v) is 7.02. The molecule has 0 amide bonds. The number of para-hydroxylation sites is 2. The summed E-state index contributed by atoms with van der Waals surface area (Å²) < 4.78 is 2.32. The van der Waals surface area contributed by atoms with Gasteiger partial charge in [0, 0.05) is 22.4 Å². The smallest absolute Gasteiger partial charge is 0.147 e. The van der Waals surface area contributed by atoms with Gasteiger partial charge in [-0.25, -0.2) is 4.98 Å². The zero-order chi connectivity index (χ0) is 18.0. The average molecular weight is 347 g/mol.